The van der Waals surface area contributed by atoms with E-state index in [-0.39, 0.29) is 17.6 Å². The number of nitrogens with zero attached hydrogens (tertiary/aromatic N) is 2. The van der Waals surface area contributed by atoms with Gasteiger partial charge in [0.1, 0.15) is 5.69 Å². The van der Waals surface area contributed by atoms with Crippen molar-refractivity contribution in [2.75, 3.05) is 0 Å². The molecule has 2 aromatic heterocycles. The second-order valence-electron chi connectivity index (χ2n) is 4.56. The lowest BCUT2D eigenvalue weighted by Gasteiger charge is -2.18. The van der Waals surface area contributed by atoms with Crippen molar-refractivity contribution in [2.24, 2.45) is 0 Å². The Labute approximate surface area is 136 Å². The third-order valence-electron chi connectivity index (χ3n) is 3.10. The number of hydrogen-bond donors (Lipinski definition) is 1. The summed E-state index contributed by atoms with van der Waals surface area (Å²) >= 11 is 7.52. The molecule has 1 N–H and O–H groups in total. The van der Waals surface area contributed by atoms with Gasteiger partial charge in [0, 0.05) is 22.3 Å². The molecule has 3 rings (SSSR count). The molecule has 0 unspecified atom stereocenters. The first-order valence-electron chi connectivity index (χ1n) is 6.60. The van der Waals surface area contributed by atoms with Crippen molar-refractivity contribution >= 4 is 28.8 Å². The number of benzene rings is 1. The van der Waals surface area contributed by atoms with Crippen LogP contribution in [0.4, 0.5) is 0 Å². The van der Waals surface area contributed by atoms with E-state index in [9.17, 15) is 4.79 Å². The zero-order valence-electron chi connectivity index (χ0n) is 11.4. The summed E-state index contributed by atoms with van der Waals surface area (Å²) in [6.45, 7) is 0. The SMILES string of the molecule is O=C(N[C@@H](c1ccc(Cl)cc1)c1cccs1)c1cnccn1. The Morgan fingerprint density at radius 3 is 2.64 bits per heavy atom. The van der Waals surface area contributed by atoms with Crippen molar-refractivity contribution in [3.63, 3.8) is 0 Å². The molecule has 22 heavy (non-hydrogen) atoms. The summed E-state index contributed by atoms with van der Waals surface area (Å²) in [4.78, 5) is 21.3. The highest BCUT2D eigenvalue weighted by molar-refractivity contribution is 7.10. The van der Waals surface area contributed by atoms with Crippen LogP contribution >= 0.6 is 22.9 Å². The molecule has 0 aliphatic rings. The van der Waals surface area contributed by atoms with Crippen molar-refractivity contribution in [1.82, 2.24) is 15.3 Å². The predicted molar refractivity (Wildman–Crippen MR) is 87.1 cm³/mol. The zero-order chi connectivity index (χ0) is 15.4. The number of hydrogen-bond acceptors (Lipinski definition) is 4. The minimum atomic E-state index is -0.263. The Morgan fingerprint density at radius 2 is 2.00 bits per heavy atom. The van der Waals surface area contributed by atoms with Crippen molar-refractivity contribution in [1.29, 1.82) is 0 Å². The summed E-state index contributed by atoms with van der Waals surface area (Å²) in [5.74, 6) is -0.263. The number of carbonyl (C=O) groups is 1. The Kier molecular flexibility index (Phi) is 4.46. The van der Waals surface area contributed by atoms with Crippen LogP contribution in [-0.4, -0.2) is 15.9 Å². The minimum absolute atomic E-state index is 0.244. The van der Waals surface area contributed by atoms with E-state index < -0.39 is 0 Å². The Hall–Kier alpha value is -2.24. The number of rotatable bonds is 4. The van der Waals surface area contributed by atoms with Gasteiger partial charge in [-0.2, -0.15) is 0 Å². The second kappa shape index (κ2) is 6.68. The fourth-order valence-electron chi connectivity index (χ4n) is 2.05. The van der Waals surface area contributed by atoms with Crippen LogP contribution in [0.5, 0.6) is 0 Å². The highest BCUT2D eigenvalue weighted by Crippen LogP contribution is 2.27. The summed E-state index contributed by atoms with van der Waals surface area (Å²) in [7, 11) is 0. The maximum atomic E-state index is 12.4. The minimum Gasteiger partial charge on any atom is -0.339 e. The van der Waals surface area contributed by atoms with Crippen molar-refractivity contribution in [3.05, 3.63) is 81.5 Å². The van der Waals surface area contributed by atoms with Gasteiger partial charge in [-0.05, 0) is 29.1 Å². The second-order valence-corrected chi connectivity index (χ2v) is 5.98. The molecular weight excluding hydrogens is 318 g/mol. The summed E-state index contributed by atoms with van der Waals surface area (Å²) in [5, 5.41) is 5.64. The van der Waals surface area contributed by atoms with Gasteiger partial charge in [0.2, 0.25) is 0 Å². The van der Waals surface area contributed by atoms with Gasteiger partial charge in [-0.25, -0.2) is 4.98 Å². The Morgan fingerprint density at radius 1 is 1.18 bits per heavy atom. The van der Waals surface area contributed by atoms with E-state index in [2.05, 4.69) is 15.3 Å². The molecule has 0 radical (unpaired) electrons. The van der Waals surface area contributed by atoms with Crippen LogP contribution in [-0.2, 0) is 0 Å². The molecule has 0 bridgehead atoms. The molecule has 110 valence electrons. The normalized spacial score (nSPS) is 11.9. The number of halogens is 1. The van der Waals surface area contributed by atoms with Gasteiger partial charge in [-0.1, -0.05) is 29.8 Å². The molecule has 0 aliphatic carbocycles. The van der Waals surface area contributed by atoms with Crippen LogP contribution in [0.1, 0.15) is 27.0 Å². The maximum Gasteiger partial charge on any atom is 0.272 e. The molecule has 0 saturated heterocycles. The van der Waals surface area contributed by atoms with E-state index in [1.807, 2.05) is 41.8 Å². The molecule has 0 fully saturated rings. The van der Waals surface area contributed by atoms with Gasteiger partial charge in [0.15, 0.2) is 0 Å². The summed E-state index contributed by atoms with van der Waals surface area (Å²) < 4.78 is 0. The molecule has 1 aromatic carbocycles. The van der Waals surface area contributed by atoms with Crippen molar-refractivity contribution in [3.8, 4) is 0 Å². The van der Waals surface area contributed by atoms with Crippen LogP contribution in [0.3, 0.4) is 0 Å². The third kappa shape index (κ3) is 3.32. The lowest BCUT2D eigenvalue weighted by molar-refractivity contribution is 0.0938. The molecule has 0 spiro atoms. The first kappa shape index (κ1) is 14.7. The molecule has 3 aromatic rings. The molecule has 4 nitrogen and oxygen atoms in total. The Balaban J connectivity index is 1.90. The maximum absolute atomic E-state index is 12.4. The average molecular weight is 330 g/mol. The zero-order valence-corrected chi connectivity index (χ0v) is 13.0. The summed E-state index contributed by atoms with van der Waals surface area (Å²) in [6.07, 6.45) is 4.48. The monoisotopic (exact) mass is 329 g/mol. The standard InChI is InChI=1S/C16H12ClN3OS/c17-12-5-3-11(4-6-12)15(14-2-1-9-22-14)20-16(21)13-10-18-7-8-19-13/h1-10,15H,(H,20,21)/t15-/m0/s1. The van der Waals surface area contributed by atoms with Gasteiger partial charge in [-0.3, -0.25) is 9.78 Å². The highest BCUT2D eigenvalue weighted by Gasteiger charge is 2.19. The fraction of sp³-hybridized carbons (Fsp3) is 0.0625. The number of carbonyl (C=O) groups excluding carboxylic acids is 1. The van der Waals surface area contributed by atoms with E-state index in [0.29, 0.717) is 5.02 Å². The first-order valence-corrected chi connectivity index (χ1v) is 7.85. The average Bonchev–Trinajstić information content (AvgIpc) is 3.08. The van der Waals surface area contributed by atoms with Crippen LogP contribution in [0.15, 0.2) is 60.4 Å². The first-order chi connectivity index (χ1) is 10.7. The van der Waals surface area contributed by atoms with Crippen molar-refractivity contribution < 1.29 is 4.79 Å². The van der Waals surface area contributed by atoms with Gasteiger partial charge in [0.05, 0.1) is 12.2 Å². The molecule has 2 heterocycles. The lowest BCUT2D eigenvalue weighted by Crippen LogP contribution is -2.29. The molecule has 0 aliphatic heterocycles. The van der Waals surface area contributed by atoms with E-state index in [0.717, 1.165) is 10.4 Å². The molecule has 1 atom stereocenters. The number of thiophene rings is 1. The summed E-state index contributed by atoms with van der Waals surface area (Å²) in [5.41, 5.74) is 1.25. The highest BCUT2D eigenvalue weighted by atomic mass is 35.5. The number of amides is 1. The topological polar surface area (TPSA) is 54.9 Å². The third-order valence-corrected chi connectivity index (χ3v) is 4.29. The van der Waals surface area contributed by atoms with Gasteiger partial charge >= 0.3 is 0 Å². The molecule has 6 heteroatoms. The Bertz CT molecular complexity index is 745. The lowest BCUT2D eigenvalue weighted by atomic mass is 10.1. The van der Waals surface area contributed by atoms with Crippen LogP contribution in [0.2, 0.25) is 5.02 Å². The van der Waals surface area contributed by atoms with E-state index in [4.69, 9.17) is 11.6 Å². The van der Waals surface area contributed by atoms with Gasteiger partial charge < -0.3 is 5.32 Å². The van der Waals surface area contributed by atoms with E-state index in [1.54, 1.807) is 11.3 Å². The number of nitrogens with one attached hydrogen (secondary N) is 1. The quantitative estimate of drug-likeness (QED) is 0.793. The molecule has 0 saturated carbocycles. The van der Waals surface area contributed by atoms with Crippen LogP contribution in [0, 0.1) is 0 Å². The summed E-state index contributed by atoms with van der Waals surface area (Å²) in [6, 6.07) is 11.1. The largest absolute Gasteiger partial charge is 0.339 e. The molecular formula is C16H12ClN3OS. The molecule has 1 amide bonds. The fourth-order valence-corrected chi connectivity index (χ4v) is 2.98. The van der Waals surface area contributed by atoms with Gasteiger partial charge in [0.25, 0.3) is 5.91 Å². The van der Waals surface area contributed by atoms with Crippen LogP contribution in [0.25, 0.3) is 0 Å². The van der Waals surface area contributed by atoms with Crippen molar-refractivity contribution in [2.45, 2.75) is 6.04 Å². The van der Waals surface area contributed by atoms with E-state index >= 15 is 0 Å². The van der Waals surface area contributed by atoms with Gasteiger partial charge in [-0.15, -0.1) is 11.3 Å². The number of aromatic nitrogens is 2. The smallest absolute Gasteiger partial charge is 0.272 e. The van der Waals surface area contributed by atoms with Crippen LogP contribution < -0.4 is 5.32 Å². The predicted octanol–water partition coefficient (Wildman–Crippen LogP) is 3.71. The van der Waals surface area contributed by atoms with E-state index in [1.165, 1.54) is 18.6 Å².